The minimum absolute atomic E-state index is 0.229. The molecule has 3 heterocycles. The number of pyridine rings is 1. The highest BCUT2D eigenvalue weighted by molar-refractivity contribution is 8.18. The molecule has 5 rings (SSSR count). The first-order valence-electron chi connectivity index (χ1n) is 8.61. The molecular formula is C20H12ClN5O2S. The molecule has 2 aromatic carbocycles. The van der Waals surface area contributed by atoms with Crippen molar-refractivity contribution < 1.29 is 4.79 Å². The molecule has 4 aromatic rings. The maximum atomic E-state index is 12.4. The molecule has 0 bridgehead atoms. The number of thioether (sulfide) groups is 1. The van der Waals surface area contributed by atoms with Crippen LogP contribution in [0.4, 0.5) is 5.69 Å². The van der Waals surface area contributed by atoms with Crippen molar-refractivity contribution >= 4 is 68.1 Å². The minimum Gasteiger partial charge on any atom is -0.306 e. The molecule has 0 saturated carbocycles. The summed E-state index contributed by atoms with van der Waals surface area (Å²) in [6.45, 7) is 0. The number of aromatic amines is 2. The Morgan fingerprint density at radius 3 is 2.76 bits per heavy atom. The predicted molar refractivity (Wildman–Crippen MR) is 116 cm³/mol. The number of aromatic nitrogens is 3. The number of carbonyl (C=O) groups is 1. The van der Waals surface area contributed by atoms with Crippen molar-refractivity contribution in [3.63, 3.8) is 0 Å². The number of halogens is 1. The lowest BCUT2D eigenvalue weighted by molar-refractivity contribution is -0.115. The van der Waals surface area contributed by atoms with Gasteiger partial charge >= 0.3 is 5.69 Å². The van der Waals surface area contributed by atoms with Crippen molar-refractivity contribution in [1.29, 1.82) is 0 Å². The molecule has 1 amide bonds. The molecule has 1 saturated heterocycles. The van der Waals surface area contributed by atoms with Gasteiger partial charge in [-0.25, -0.2) is 9.79 Å². The molecular weight excluding hydrogens is 410 g/mol. The van der Waals surface area contributed by atoms with Gasteiger partial charge in [-0.05, 0) is 53.7 Å². The van der Waals surface area contributed by atoms with Gasteiger partial charge in [0.05, 0.1) is 32.2 Å². The molecule has 29 heavy (non-hydrogen) atoms. The molecule has 142 valence electrons. The van der Waals surface area contributed by atoms with Crippen molar-refractivity contribution in [2.45, 2.75) is 0 Å². The predicted octanol–water partition coefficient (Wildman–Crippen LogP) is 3.95. The van der Waals surface area contributed by atoms with Gasteiger partial charge in [0, 0.05) is 11.6 Å². The molecule has 1 fully saturated rings. The summed E-state index contributed by atoms with van der Waals surface area (Å²) in [5.41, 5.74) is 3.12. The number of amidine groups is 1. The van der Waals surface area contributed by atoms with Crippen LogP contribution in [0.15, 0.2) is 63.4 Å². The van der Waals surface area contributed by atoms with E-state index in [0.717, 1.165) is 16.5 Å². The van der Waals surface area contributed by atoms with Crippen LogP contribution in [-0.2, 0) is 4.79 Å². The number of imidazole rings is 1. The van der Waals surface area contributed by atoms with Gasteiger partial charge in [-0.2, -0.15) is 0 Å². The summed E-state index contributed by atoms with van der Waals surface area (Å²) in [6.07, 6.45) is 3.55. The molecule has 0 atom stereocenters. The average Bonchev–Trinajstić information content (AvgIpc) is 3.22. The first-order chi connectivity index (χ1) is 14.0. The lowest BCUT2D eigenvalue weighted by atomic mass is 10.1. The van der Waals surface area contributed by atoms with Crippen molar-refractivity contribution in [2.24, 2.45) is 4.99 Å². The van der Waals surface area contributed by atoms with E-state index in [-0.39, 0.29) is 11.6 Å². The van der Waals surface area contributed by atoms with E-state index in [9.17, 15) is 9.59 Å². The smallest absolute Gasteiger partial charge is 0.306 e. The molecule has 3 N–H and O–H groups in total. The summed E-state index contributed by atoms with van der Waals surface area (Å²) < 4.78 is 0. The van der Waals surface area contributed by atoms with Crippen LogP contribution in [0, 0.1) is 0 Å². The molecule has 0 radical (unpaired) electrons. The summed E-state index contributed by atoms with van der Waals surface area (Å²) in [6, 6.07) is 12.9. The lowest BCUT2D eigenvalue weighted by Gasteiger charge is -2.00. The normalized spacial score (nSPS) is 16.9. The van der Waals surface area contributed by atoms with Crippen molar-refractivity contribution in [3.05, 3.63) is 74.6 Å². The van der Waals surface area contributed by atoms with Crippen LogP contribution in [0.2, 0.25) is 5.02 Å². The van der Waals surface area contributed by atoms with Gasteiger partial charge in [-0.1, -0.05) is 23.7 Å². The van der Waals surface area contributed by atoms with E-state index in [2.05, 4.69) is 25.3 Å². The number of amides is 1. The summed E-state index contributed by atoms with van der Waals surface area (Å²) >= 11 is 7.49. The number of H-pyrrole nitrogens is 2. The average molecular weight is 422 g/mol. The van der Waals surface area contributed by atoms with E-state index >= 15 is 0 Å². The molecule has 2 aromatic heterocycles. The van der Waals surface area contributed by atoms with Crippen LogP contribution < -0.4 is 11.0 Å². The summed E-state index contributed by atoms with van der Waals surface area (Å²) in [7, 11) is 0. The van der Waals surface area contributed by atoms with Gasteiger partial charge in [0.15, 0.2) is 5.17 Å². The fraction of sp³-hybridized carbons (Fsp3) is 0. The number of aliphatic imine (C=N–C) groups is 1. The van der Waals surface area contributed by atoms with Gasteiger partial charge in [0.2, 0.25) is 0 Å². The van der Waals surface area contributed by atoms with Crippen LogP contribution in [0.1, 0.15) is 5.56 Å². The van der Waals surface area contributed by atoms with E-state index < -0.39 is 0 Å². The van der Waals surface area contributed by atoms with E-state index in [1.807, 2.05) is 36.4 Å². The first-order valence-corrected chi connectivity index (χ1v) is 9.80. The molecule has 7 nitrogen and oxygen atoms in total. The van der Waals surface area contributed by atoms with Gasteiger partial charge in [-0.3, -0.25) is 9.78 Å². The van der Waals surface area contributed by atoms with Crippen molar-refractivity contribution in [2.75, 3.05) is 0 Å². The number of fused-ring (bicyclic) bond motifs is 2. The van der Waals surface area contributed by atoms with Crippen LogP contribution in [0.3, 0.4) is 0 Å². The summed E-state index contributed by atoms with van der Waals surface area (Å²) in [4.78, 5) is 38.4. The quantitative estimate of drug-likeness (QED) is 0.426. The van der Waals surface area contributed by atoms with Gasteiger partial charge < -0.3 is 15.3 Å². The Kier molecular flexibility index (Phi) is 4.22. The molecule has 0 aliphatic carbocycles. The Labute approximate surface area is 172 Å². The van der Waals surface area contributed by atoms with Crippen LogP contribution in [-0.4, -0.2) is 26.0 Å². The molecule has 0 spiro atoms. The van der Waals surface area contributed by atoms with Crippen LogP contribution in [0.5, 0.6) is 0 Å². The van der Waals surface area contributed by atoms with Crippen LogP contribution >= 0.6 is 23.4 Å². The molecule has 9 heteroatoms. The second kappa shape index (κ2) is 6.91. The third-order valence-electron chi connectivity index (χ3n) is 4.38. The zero-order valence-corrected chi connectivity index (χ0v) is 16.3. The molecule has 0 unspecified atom stereocenters. The second-order valence-corrected chi connectivity index (χ2v) is 7.80. The number of hydrogen-bond donors (Lipinski definition) is 3. The number of rotatable bonds is 2. The standard InChI is InChI=1S/C20H12ClN5O2S/c21-12-8-15-16(24-19(28)23-15)9-14(12)25-20-26-18(27)17(29-20)7-10-3-4-13-11(6-10)2-1-5-22-13/h1-9H,(H2,23,24,28)(H,25,26,27). The number of nitrogens with zero attached hydrogens (tertiary/aromatic N) is 2. The summed E-state index contributed by atoms with van der Waals surface area (Å²) in [5, 5.41) is 4.53. The fourth-order valence-electron chi connectivity index (χ4n) is 3.06. The number of benzene rings is 2. The number of nitrogens with one attached hydrogen (secondary N) is 3. The van der Waals surface area contributed by atoms with Crippen LogP contribution in [0.25, 0.3) is 28.0 Å². The van der Waals surface area contributed by atoms with Crippen molar-refractivity contribution in [1.82, 2.24) is 20.3 Å². The Bertz CT molecular complexity index is 1420. The van der Waals surface area contributed by atoms with E-state index in [1.54, 1.807) is 18.3 Å². The highest BCUT2D eigenvalue weighted by Gasteiger charge is 2.24. The Hall–Kier alpha value is -3.36. The first kappa shape index (κ1) is 17.7. The fourth-order valence-corrected chi connectivity index (χ4v) is 4.10. The van der Waals surface area contributed by atoms with Crippen molar-refractivity contribution in [3.8, 4) is 0 Å². The summed E-state index contributed by atoms with van der Waals surface area (Å²) in [5.74, 6) is -0.229. The Morgan fingerprint density at radius 2 is 1.90 bits per heavy atom. The number of carbonyl (C=O) groups excluding carboxylic acids is 1. The highest BCUT2D eigenvalue weighted by Crippen LogP contribution is 2.33. The van der Waals surface area contributed by atoms with E-state index in [4.69, 9.17) is 11.6 Å². The third-order valence-corrected chi connectivity index (χ3v) is 5.59. The van der Waals surface area contributed by atoms with E-state index in [1.165, 1.54) is 11.8 Å². The highest BCUT2D eigenvalue weighted by atomic mass is 35.5. The second-order valence-electron chi connectivity index (χ2n) is 6.37. The SMILES string of the molecule is O=C1NC(=Nc2cc3[nH]c(=O)[nH]c3cc2Cl)SC1=Cc1ccc2ncccc2c1. The zero-order chi connectivity index (χ0) is 20.0. The van der Waals surface area contributed by atoms with Gasteiger partial charge in [-0.15, -0.1) is 0 Å². The van der Waals surface area contributed by atoms with E-state index in [0.29, 0.717) is 31.8 Å². The Balaban J connectivity index is 1.47. The lowest BCUT2D eigenvalue weighted by Crippen LogP contribution is -2.19. The maximum Gasteiger partial charge on any atom is 0.323 e. The Morgan fingerprint density at radius 1 is 1.07 bits per heavy atom. The van der Waals surface area contributed by atoms with Gasteiger partial charge in [0.25, 0.3) is 5.91 Å². The van der Waals surface area contributed by atoms with Gasteiger partial charge in [0.1, 0.15) is 0 Å². The topological polar surface area (TPSA) is 103 Å². The third kappa shape index (κ3) is 3.43. The zero-order valence-electron chi connectivity index (χ0n) is 14.7. The minimum atomic E-state index is -0.319. The molecule has 1 aliphatic rings. The number of hydrogen-bond acceptors (Lipinski definition) is 5. The molecule has 1 aliphatic heterocycles. The monoisotopic (exact) mass is 421 g/mol. The maximum absolute atomic E-state index is 12.4. The largest absolute Gasteiger partial charge is 0.323 e.